The van der Waals surface area contributed by atoms with Gasteiger partial charge < -0.3 is 15.8 Å². The molecule has 20 heavy (non-hydrogen) atoms. The first-order valence-electron chi connectivity index (χ1n) is 7.30. The summed E-state index contributed by atoms with van der Waals surface area (Å²) in [6.07, 6.45) is 3.84. The van der Waals surface area contributed by atoms with Gasteiger partial charge in [-0.15, -0.1) is 0 Å². The lowest BCUT2D eigenvalue weighted by atomic mass is 9.85. The van der Waals surface area contributed by atoms with Crippen molar-refractivity contribution in [2.45, 2.75) is 44.7 Å². The van der Waals surface area contributed by atoms with Gasteiger partial charge in [0.15, 0.2) is 0 Å². The van der Waals surface area contributed by atoms with Gasteiger partial charge in [-0.05, 0) is 43.9 Å². The lowest BCUT2D eigenvalue weighted by molar-refractivity contribution is -0.126. The Morgan fingerprint density at radius 3 is 2.95 bits per heavy atom. The summed E-state index contributed by atoms with van der Waals surface area (Å²) < 4.78 is 5.21. The van der Waals surface area contributed by atoms with Crippen molar-refractivity contribution in [2.24, 2.45) is 11.7 Å². The number of nitrogens with two attached hydrogens (primary N) is 1. The van der Waals surface area contributed by atoms with Crippen molar-refractivity contribution < 1.29 is 9.53 Å². The highest BCUT2D eigenvalue weighted by Gasteiger charge is 2.26. The lowest BCUT2D eigenvalue weighted by Crippen LogP contribution is -2.38. The second kappa shape index (κ2) is 6.75. The van der Waals surface area contributed by atoms with Crippen molar-refractivity contribution >= 4 is 5.91 Å². The maximum absolute atomic E-state index is 12.3. The van der Waals surface area contributed by atoms with Crippen LogP contribution in [0.25, 0.3) is 0 Å². The molecule has 1 aromatic carbocycles. The maximum atomic E-state index is 12.3. The van der Waals surface area contributed by atoms with Crippen molar-refractivity contribution in [3.63, 3.8) is 0 Å². The minimum absolute atomic E-state index is 0.0178. The quantitative estimate of drug-likeness (QED) is 0.887. The van der Waals surface area contributed by atoms with Crippen LogP contribution in [0.3, 0.4) is 0 Å². The summed E-state index contributed by atoms with van der Waals surface area (Å²) in [5, 5.41) is 3.09. The van der Waals surface area contributed by atoms with E-state index < -0.39 is 0 Å². The zero-order valence-electron chi connectivity index (χ0n) is 12.3. The van der Waals surface area contributed by atoms with Gasteiger partial charge in [0.1, 0.15) is 5.75 Å². The van der Waals surface area contributed by atoms with Crippen molar-refractivity contribution in [2.75, 3.05) is 7.11 Å². The zero-order chi connectivity index (χ0) is 14.5. The van der Waals surface area contributed by atoms with Crippen LogP contribution in [0.1, 0.15) is 44.2 Å². The molecule has 1 saturated carbocycles. The van der Waals surface area contributed by atoms with Crippen molar-refractivity contribution in [1.29, 1.82) is 0 Å². The molecule has 1 fully saturated rings. The Kier molecular flexibility index (Phi) is 5.01. The second-order valence-electron chi connectivity index (χ2n) is 5.63. The molecule has 1 aliphatic carbocycles. The Hall–Kier alpha value is -1.55. The molecule has 0 aliphatic heterocycles. The van der Waals surface area contributed by atoms with E-state index in [0.717, 1.165) is 37.0 Å². The Bertz CT molecular complexity index is 462. The monoisotopic (exact) mass is 276 g/mol. The molecule has 0 aromatic heterocycles. The average molecular weight is 276 g/mol. The van der Waals surface area contributed by atoms with Crippen LogP contribution < -0.4 is 15.8 Å². The summed E-state index contributed by atoms with van der Waals surface area (Å²) in [4.78, 5) is 12.3. The fourth-order valence-electron chi connectivity index (χ4n) is 2.79. The van der Waals surface area contributed by atoms with Crippen LogP contribution in [-0.2, 0) is 4.79 Å². The number of nitrogens with one attached hydrogen (secondary N) is 1. The van der Waals surface area contributed by atoms with Crippen LogP contribution in [0, 0.1) is 5.92 Å². The highest BCUT2D eigenvalue weighted by atomic mass is 16.5. The third kappa shape index (κ3) is 3.73. The highest BCUT2D eigenvalue weighted by Crippen LogP contribution is 2.25. The topological polar surface area (TPSA) is 64.3 Å². The fourth-order valence-corrected chi connectivity index (χ4v) is 2.79. The van der Waals surface area contributed by atoms with Crippen LogP contribution in [0.15, 0.2) is 24.3 Å². The van der Waals surface area contributed by atoms with E-state index >= 15 is 0 Å². The molecule has 1 aromatic rings. The van der Waals surface area contributed by atoms with E-state index in [-0.39, 0.29) is 23.9 Å². The molecule has 0 bridgehead atoms. The van der Waals surface area contributed by atoms with E-state index in [1.54, 1.807) is 7.11 Å². The number of carbonyl (C=O) groups excluding carboxylic acids is 1. The molecular weight excluding hydrogens is 252 g/mol. The van der Waals surface area contributed by atoms with Crippen LogP contribution in [0.5, 0.6) is 5.75 Å². The molecule has 0 spiro atoms. The van der Waals surface area contributed by atoms with Gasteiger partial charge in [0, 0.05) is 12.0 Å². The van der Waals surface area contributed by atoms with Gasteiger partial charge in [-0.1, -0.05) is 18.6 Å². The van der Waals surface area contributed by atoms with Gasteiger partial charge in [0.2, 0.25) is 5.91 Å². The molecular formula is C16H24N2O2. The van der Waals surface area contributed by atoms with Crippen LogP contribution in [0.2, 0.25) is 0 Å². The Balaban J connectivity index is 1.96. The lowest BCUT2D eigenvalue weighted by Gasteiger charge is -2.27. The summed E-state index contributed by atoms with van der Waals surface area (Å²) in [6, 6.07) is 7.95. The number of ether oxygens (including phenoxy) is 1. The normalized spacial score (nSPS) is 23.9. The van der Waals surface area contributed by atoms with Gasteiger partial charge in [-0.2, -0.15) is 0 Å². The minimum atomic E-state index is -0.0178. The summed E-state index contributed by atoms with van der Waals surface area (Å²) in [5.74, 6) is 0.991. The molecule has 3 atom stereocenters. The van der Waals surface area contributed by atoms with E-state index in [4.69, 9.17) is 10.5 Å². The number of hydrogen-bond acceptors (Lipinski definition) is 3. The Labute approximate surface area is 120 Å². The molecule has 3 N–H and O–H groups in total. The SMILES string of the molecule is COc1cccc([C@@H](C)NC(=O)C2CCCC(N)C2)c1. The molecule has 4 nitrogen and oxygen atoms in total. The van der Waals surface area contributed by atoms with Crippen molar-refractivity contribution in [1.82, 2.24) is 5.32 Å². The summed E-state index contributed by atoms with van der Waals surface area (Å²) >= 11 is 0. The van der Waals surface area contributed by atoms with E-state index in [1.165, 1.54) is 0 Å². The molecule has 0 heterocycles. The predicted molar refractivity (Wildman–Crippen MR) is 79.5 cm³/mol. The predicted octanol–water partition coefficient (Wildman–Crippen LogP) is 2.39. The van der Waals surface area contributed by atoms with Crippen LogP contribution in [-0.4, -0.2) is 19.1 Å². The van der Waals surface area contributed by atoms with E-state index in [0.29, 0.717) is 0 Å². The maximum Gasteiger partial charge on any atom is 0.223 e. The van der Waals surface area contributed by atoms with Gasteiger partial charge in [-0.3, -0.25) is 4.79 Å². The van der Waals surface area contributed by atoms with Crippen LogP contribution in [0.4, 0.5) is 0 Å². The first-order chi connectivity index (χ1) is 9.60. The van der Waals surface area contributed by atoms with Crippen molar-refractivity contribution in [3.05, 3.63) is 29.8 Å². The largest absolute Gasteiger partial charge is 0.497 e. The number of methoxy groups -OCH3 is 1. The van der Waals surface area contributed by atoms with E-state index in [1.807, 2.05) is 31.2 Å². The number of amides is 1. The minimum Gasteiger partial charge on any atom is -0.497 e. The number of rotatable bonds is 4. The summed E-state index contributed by atoms with van der Waals surface area (Å²) in [5.41, 5.74) is 7.00. The van der Waals surface area contributed by atoms with E-state index in [2.05, 4.69) is 5.32 Å². The molecule has 0 saturated heterocycles. The number of hydrogen-bond donors (Lipinski definition) is 2. The molecule has 110 valence electrons. The molecule has 1 aliphatic rings. The molecule has 4 heteroatoms. The zero-order valence-corrected chi connectivity index (χ0v) is 12.3. The average Bonchev–Trinajstić information content (AvgIpc) is 2.47. The van der Waals surface area contributed by atoms with E-state index in [9.17, 15) is 4.79 Å². The highest BCUT2D eigenvalue weighted by molar-refractivity contribution is 5.79. The van der Waals surface area contributed by atoms with Crippen molar-refractivity contribution in [3.8, 4) is 5.75 Å². The Morgan fingerprint density at radius 2 is 2.25 bits per heavy atom. The van der Waals surface area contributed by atoms with Crippen LogP contribution >= 0.6 is 0 Å². The smallest absolute Gasteiger partial charge is 0.223 e. The standard InChI is InChI=1S/C16H24N2O2/c1-11(12-5-4-8-15(10-12)20-2)18-16(19)13-6-3-7-14(17)9-13/h4-5,8,10-11,13-14H,3,6-7,9,17H2,1-2H3,(H,18,19)/t11-,13?,14?/m1/s1. The first-order valence-corrected chi connectivity index (χ1v) is 7.30. The molecule has 2 rings (SSSR count). The molecule has 1 amide bonds. The third-order valence-corrected chi connectivity index (χ3v) is 4.04. The number of benzene rings is 1. The van der Waals surface area contributed by atoms with Gasteiger partial charge in [0.25, 0.3) is 0 Å². The van der Waals surface area contributed by atoms with Gasteiger partial charge >= 0.3 is 0 Å². The summed E-state index contributed by atoms with van der Waals surface area (Å²) in [7, 11) is 1.64. The fraction of sp³-hybridized carbons (Fsp3) is 0.562. The summed E-state index contributed by atoms with van der Waals surface area (Å²) in [6.45, 7) is 2.00. The van der Waals surface area contributed by atoms with Gasteiger partial charge in [-0.25, -0.2) is 0 Å². The first kappa shape index (κ1) is 14.9. The van der Waals surface area contributed by atoms with Gasteiger partial charge in [0.05, 0.1) is 13.2 Å². The molecule has 2 unspecified atom stereocenters. The second-order valence-corrected chi connectivity index (χ2v) is 5.63. The molecule has 0 radical (unpaired) electrons. The Morgan fingerprint density at radius 1 is 1.45 bits per heavy atom. The number of carbonyl (C=O) groups is 1. The third-order valence-electron chi connectivity index (χ3n) is 4.04.